The second-order valence-electron chi connectivity index (χ2n) is 3.30. The lowest BCUT2D eigenvalue weighted by atomic mass is 10.5. The van der Waals surface area contributed by atoms with E-state index in [1.807, 2.05) is 6.92 Å². The van der Waals surface area contributed by atoms with Crippen LogP contribution < -0.4 is 5.73 Å². The third kappa shape index (κ3) is 3.12. The fraction of sp³-hybridized carbons (Fsp3) is 1.00. The smallest absolute Gasteiger partial charge is 0.282 e. The van der Waals surface area contributed by atoms with E-state index >= 15 is 0 Å². The van der Waals surface area contributed by atoms with Crippen LogP contribution >= 0.6 is 0 Å². The molecule has 0 radical (unpaired) electrons. The van der Waals surface area contributed by atoms with Gasteiger partial charge in [-0.25, -0.2) is 0 Å². The molecule has 6 nitrogen and oxygen atoms in total. The zero-order valence-electron chi connectivity index (χ0n) is 9.05. The van der Waals surface area contributed by atoms with Gasteiger partial charge in [0.2, 0.25) is 0 Å². The van der Waals surface area contributed by atoms with Crippen molar-refractivity contribution in [3.05, 3.63) is 0 Å². The number of rotatable bonds is 5. The van der Waals surface area contributed by atoms with Gasteiger partial charge in [-0.05, 0) is 0 Å². The van der Waals surface area contributed by atoms with E-state index in [-0.39, 0.29) is 0 Å². The normalized spacial score (nSPS) is 19.7. The van der Waals surface area contributed by atoms with Gasteiger partial charge in [0.15, 0.2) is 0 Å². The summed E-state index contributed by atoms with van der Waals surface area (Å²) in [6.07, 6.45) is 0. The van der Waals surface area contributed by atoms with Crippen LogP contribution in [0.4, 0.5) is 0 Å². The zero-order chi connectivity index (χ0) is 11.3. The molecule has 1 saturated heterocycles. The highest BCUT2D eigenvalue weighted by atomic mass is 32.2. The maximum absolute atomic E-state index is 12.0. The van der Waals surface area contributed by atoms with Crippen molar-refractivity contribution in [3.8, 4) is 0 Å². The lowest BCUT2D eigenvalue weighted by Crippen LogP contribution is -2.49. The molecule has 7 heteroatoms. The maximum Gasteiger partial charge on any atom is 0.282 e. The van der Waals surface area contributed by atoms with E-state index < -0.39 is 10.2 Å². The number of likely N-dealkylation sites (N-methyl/N-ethyl adjacent to an activating group) is 1. The Labute approximate surface area is 91.2 Å². The molecule has 0 aromatic carbocycles. The molecule has 1 rings (SSSR count). The maximum atomic E-state index is 12.0. The average molecular weight is 237 g/mol. The van der Waals surface area contributed by atoms with Crippen LogP contribution in [0, 0.1) is 0 Å². The van der Waals surface area contributed by atoms with Crippen LogP contribution in [0.3, 0.4) is 0 Å². The minimum Gasteiger partial charge on any atom is -0.379 e. The van der Waals surface area contributed by atoms with Gasteiger partial charge in [-0.15, -0.1) is 0 Å². The molecule has 15 heavy (non-hydrogen) atoms. The number of hydrogen-bond donors (Lipinski definition) is 1. The average Bonchev–Trinajstić information content (AvgIpc) is 2.27. The van der Waals surface area contributed by atoms with Crippen LogP contribution in [-0.2, 0) is 14.9 Å². The third-order valence-corrected chi connectivity index (χ3v) is 4.46. The SMILES string of the molecule is CCN(CCN)S(=O)(=O)N1CCOCC1. The number of hydrogen-bond acceptors (Lipinski definition) is 4. The summed E-state index contributed by atoms with van der Waals surface area (Å²) in [7, 11) is -3.33. The summed E-state index contributed by atoms with van der Waals surface area (Å²) in [4.78, 5) is 0. The van der Waals surface area contributed by atoms with Crippen molar-refractivity contribution < 1.29 is 13.2 Å². The fourth-order valence-electron chi connectivity index (χ4n) is 1.52. The molecular weight excluding hydrogens is 218 g/mol. The molecule has 0 aliphatic carbocycles. The van der Waals surface area contributed by atoms with Gasteiger partial charge in [-0.2, -0.15) is 17.0 Å². The highest BCUT2D eigenvalue weighted by Crippen LogP contribution is 2.09. The quantitative estimate of drug-likeness (QED) is 0.654. The molecule has 90 valence electrons. The fourth-order valence-corrected chi connectivity index (χ4v) is 3.12. The van der Waals surface area contributed by atoms with Crippen LogP contribution in [0.5, 0.6) is 0 Å². The summed E-state index contributed by atoms with van der Waals surface area (Å²) >= 11 is 0. The first-order chi connectivity index (χ1) is 7.12. The Kier molecular flexibility index (Phi) is 4.94. The molecule has 1 fully saturated rings. The van der Waals surface area contributed by atoms with Crippen molar-refractivity contribution in [2.24, 2.45) is 5.73 Å². The van der Waals surface area contributed by atoms with E-state index in [4.69, 9.17) is 10.5 Å². The van der Waals surface area contributed by atoms with Crippen molar-refractivity contribution in [1.29, 1.82) is 0 Å². The minimum atomic E-state index is -3.33. The first-order valence-corrected chi connectivity index (χ1v) is 6.55. The number of nitrogens with two attached hydrogens (primary N) is 1. The summed E-state index contributed by atoms with van der Waals surface area (Å²) in [6.45, 7) is 4.80. The van der Waals surface area contributed by atoms with Gasteiger partial charge in [0.25, 0.3) is 10.2 Å². The summed E-state index contributed by atoms with van der Waals surface area (Å²) in [6, 6.07) is 0. The Hall–Kier alpha value is -0.210. The van der Waals surface area contributed by atoms with E-state index in [1.54, 1.807) is 0 Å². The predicted molar refractivity (Wildman–Crippen MR) is 57.6 cm³/mol. The highest BCUT2D eigenvalue weighted by molar-refractivity contribution is 7.86. The zero-order valence-corrected chi connectivity index (χ0v) is 9.87. The van der Waals surface area contributed by atoms with Gasteiger partial charge in [-0.3, -0.25) is 0 Å². The summed E-state index contributed by atoms with van der Waals surface area (Å²) < 4.78 is 32.1. The predicted octanol–water partition coefficient (Wildman–Crippen LogP) is -1.16. The number of nitrogens with zero attached hydrogens (tertiary/aromatic N) is 2. The van der Waals surface area contributed by atoms with E-state index in [0.29, 0.717) is 45.9 Å². The van der Waals surface area contributed by atoms with E-state index in [9.17, 15) is 8.42 Å². The van der Waals surface area contributed by atoms with Crippen molar-refractivity contribution in [1.82, 2.24) is 8.61 Å². The first-order valence-electron chi connectivity index (χ1n) is 5.16. The van der Waals surface area contributed by atoms with E-state index in [0.717, 1.165) is 0 Å². The van der Waals surface area contributed by atoms with Crippen molar-refractivity contribution in [3.63, 3.8) is 0 Å². The Bertz CT molecular complexity index is 264. The topological polar surface area (TPSA) is 75.9 Å². The Balaban J connectivity index is 2.69. The van der Waals surface area contributed by atoms with Crippen LogP contribution in [-0.4, -0.2) is 63.0 Å². The molecule has 0 aromatic rings. The van der Waals surface area contributed by atoms with Crippen molar-refractivity contribution in [2.75, 3.05) is 45.9 Å². The lowest BCUT2D eigenvalue weighted by Gasteiger charge is -2.31. The Morgan fingerprint density at radius 3 is 2.47 bits per heavy atom. The van der Waals surface area contributed by atoms with Gasteiger partial charge >= 0.3 is 0 Å². The second-order valence-corrected chi connectivity index (χ2v) is 5.23. The second kappa shape index (κ2) is 5.76. The molecule has 0 unspecified atom stereocenters. The standard InChI is InChI=1S/C8H19N3O3S/c1-2-10(4-3-9)15(12,13)11-5-7-14-8-6-11/h2-9H2,1H3. The van der Waals surface area contributed by atoms with Gasteiger partial charge in [0, 0.05) is 32.7 Å². The first kappa shape index (κ1) is 12.9. The Morgan fingerprint density at radius 1 is 1.40 bits per heavy atom. The molecule has 1 aliphatic rings. The largest absolute Gasteiger partial charge is 0.379 e. The van der Waals surface area contributed by atoms with Crippen LogP contribution in [0.25, 0.3) is 0 Å². The molecule has 0 atom stereocenters. The lowest BCUT2D eigenvalue weighted by molar-refractivity contribution is 0.0703. The van der Waals surface area contributed by atoms with E-state index in [1.165, 1.54) is 8.61 Å². The molecule has 1 heterocycles. The van der Waals surface area contributed by atoms with Crippen LogP contribution in [0.2, 0.25) is 0 Å². The summed E-state index contributed by atoms with van der Waals surface area (Å²) in [5.74, 6) is 0. The van der Waals surface area contributed by atoms with Gasteiger partial charge < -0.3 is 10.5 Å². The molecule has 1 aliphatic heterocycles. The Morgan fingerprint density at radius 2 is 2.00 bits per heavy atom. The number of ether oxygens (including phenoxy) is 1. The highest BCUT2D eigenvalue weighted by Gasteiger charge is 2.29. The van der Waals surface area contributed by atoms with E-state index in [2.05, 4.69) is 0 Å². The summed E-state index contributed by atoms with van der Waals surface area (Å²) in [5, 5.41) is 0. The molecule has 0 aromatic heterocycles. The molecule has 0 amide bonds. The molecule has 2 N–H and O–H groups in total. The van der Waals surface area contributed by atoms with Crippen LogP contribution in [0.15, 0.2) is 0 Å². The van der Waals surface area contributed by atoms with Crippen LogP contribution in [0.1, 0.15) is 6.92 Å². The van der Waals surface area contributed by atoms with Gasteiger partial charge in [0.1, 0.15) is 0 Å². The molecule has 0 bridgehead atoms. The molecular formula is C8H19N3O3S. The van der Waals surface area contributed by atoms with Crippen molar-refractivity contribution >= 4 is 10.2 Å². The molecule has 0 spiro atoms. The number of morpholine rings is 1. The van der Waals surface area contributed by atoms with Crippen molar-refractivity contribution in [2.45, 2.75) is 6.92 Å². The minimum absolute atomic E-state index is 0.345. The van der Waals surface area contributed by atoms with Gasteiger partial charge in [0.05, 0.1) is 13.2 Å². The summed E-state index contributed by atoms with van der Waals surface area (Å²) in [5.41, 5.74) is 5.38. The van der Waals surface area contributed by atoms with Gasteiger partial charge in [-0.1, -0.05) is 6.92 Å². The monoisotopic (exact) mass is 237 g/mol. The third-order valence-electron chi connectivity index (χ3n) is 2.35. The molecule has 0 saturated carbocycles.